The molecular formula is C20H28FN3O2. The average molecular weight is 361 g/mol. The standard InChI is InChI=1S/C20H28FN3O2/c1-14-11-24(12-17(14)18(25)26-3)19(22-2)23-13-20(9-4-10-20)15-5-7-16(21)8-6-15/h5-8,14,17H,4,9-13H2,1-3H3,(H,22,23). The molecule has 1 N–H and O–H groups in total. The number of likely N-dealkylation sites (tertiary alicyclic amines) is 1. The van der Waals surface area contributed by atoms with E-state index in [1.807, 2.05) is 12.1 Å². The van der Waals surface area contributed by atoms with Crippen LogP contribution >= 0.6 is 0 Å². The van der Waals surface area contributed by atoms with Crippen molar-refractivity contribution in [3.05, 3.63) is 35.6 Å². The molecule has 0 aromatic heterocycles. The van der Waals surface area contributed by atoms with Crippen LogP contribution in [0, 0.1) is 17.7 Å². The topological polar surface area (TPSA) is 53.9 Å². The van der Waals surface area contributed by atoms with Crippen molar-refractivity contribution in [3.63, 3.8) is 0 Å². The molecule has 5 nitrogen and oxygen atoms in total. The van der Waals surface area contributed by atoms with Crippen molar-refractivity contribution < 1.29 is 13.9 Å². The number of benzene rings is 1. The lowest BCUT2D eigenvalue weighted by atomic mass is 9.64. The first kappa shape index (κ1) is 18.7. The van der Waals surface area contributed by atoms with Crippen LogP contribution in [0.4, 0.5) is 4.39 Å². The molecule has 2 fully saturated rings. The van der Waals surface area contributed by atoms with Crippen molar-refractivity contribution >= 4 is 11.9 Å². The normalized spacial score (nSPS) is 24.9. The Hall–Kier alpha value is -2.11. The second-order valence-electron chi connectivity index (χ2n) is 7.55. The number of carbonyl (C=O) groups is 1. The Balaban J connectivity index is 1.65. The zero-order valence-electron chi connectivity index (χ0n) is 15.8. The van der Waals surface area contributed by atoms with Gasteiger partial charge >= 0.3 is 5.97 Å². The van der Waals surface area contributed by atoms with Crippen LogP contribution < -0.4 is 5.32 Å². The first-order valence-electron chi connectivity index (χ1n) is 9.28. The largest absolute Gasteiger partial charge is 0.469 e. The summed E-state index contributed by atoms with van der Waals surface area (Å²) in [5, 5.41) is 3.50. The number of methoxy groups -OCH3 is 1. The summed E-state index contributed by atoms with van der Waals surface area (Å²) in [4.78, 5) is 18.5. The monoisotopic (exact) mass is 361 g/mol. The third-order valence-corrected chi connectivity index (χ3v) is 5.98. The molecule has 1 aliphatic heterocycles. The lowest BCUT2D eigenvalue weighted by molar-refractivity contribution is -0.145. The van der Waals surface area contributed by atoms with Crippen LogP contribution in [0.25, 0.3) is 0 Å². The fourth-order valence-corrected chi connectivity index (χ4v) is 4.15. The molecule has 2 unspecified atom stereocenters. The van der Waals surface area contributed by atoms with Crippen molar-refractivity contribution in [2.45, 2.75) is 31.6 Å². The molecule has 1 saturated heterocycles. The van der Waals surface area contributed by atoms with Gasteiger partial charge < -0.3 is 15.0 Å². The Morgan fingerprint density at radius 3 is 2.58 bits per heavy atom. The number of carbonyl (C=O) groups excluding carboxylic acids is 1. The van der Waals surface area contributed by atoms with Gasteiger partial charge in [-0.05, 0) is 36.5 Å². The molecule has 0 bridgehead atoms. The van der Waals surface area contributed by atoms with Crippen LogP contribution in [0.1, 0.15) is 31.7 Å². The van der Waals surface area contributed by atoms with Crippen LogP contribution in [0.15, 0.2) is 29.3 Å². The van der Waals surface area contributed by atoms with E-state index in [1.165, 1.54) is 31.2 Å². The van der Waals surface area contributed by atoms with Crippen molar-refractivity contribution in [2.24, 2.45) is 16.8 Å². The second-order valence-corrected chi connectivity index (χ2v) is 7.55. The van der Waals surface area contributed by atoms with Gasteiger partial charge in [-0.15, -0.1) is 0 Å². The number of hydrogen-bond acceptors (Lipinski definition) is 3. The molecule has 2 atom stereocenters. The number of rotatable bonds is 4. The zero-order valence-corrected chi connectivity index (χ0v) is 15.8. The third-order valence-electron chi connectivity index (χ3n) is 5.98. The number of hydrogen-bond donors (Lipinski definition) is 1. The Kier molecular flexibility index (Phi) is 5.49. The number of nitrogens with one attached hydrogen (secondary N) is 1. The molecule has 1 aromatic rings. The zero-order chi connectivity index (χ0) is 18.7. The Morgan fingerprint density at radius 2 is 2.04 bits per heavy atom. The summed E-state index contributed by atoms with van der Waals surface area (Å²) < 4.78 is 18.2. The van der Waals surface area contributed by atoms with Crippen LogP contribution in [0.3, 0.4) is 0 Å². The van der Waals surface area contributed by atoms with Crippen LogP contribution in [-0.4, -0.2) is 50.6 Å². The number of halogens is 1. The van der Waals surface area contributed by atoms with E-state index < -0.39 is 0 Å². The van der Waals surface area contributed by atoms with Crippen molar-refractivity contribution in [1.82, 2.24) is 10.2 Å². The maximum atomic E-state index is 13.3. The molecular weight excluding hydrogens is 333 g/mol. The fraction of sp³-hybridized carbons (Fsp3) is 0.600. The highest BCUT2D eigenvalue weighted by Gasteiger charge is 2.40. The van der Waals surface area contributed by atoms with Crippen molar-refractivity contribution in [2.75, 3.05) is 33.8 Å². The van der Waals surface area contributed by atoms with E-state index in [1.54, 1.807) is 7.05 Å². The number of esters is 1. The highest BCUT2D eigenvalue weighted by atomic mass is 19.1. The number of nitrogens with zero attached hydrogens (tertiary/aromatic N) is 2. The second kappa shape index (κ2) is 7.64. The van der Waals surface area contributed by atoms with Gasteiger partial charge in [-0.3, -0.25) is 9.79 Å². The molecule has 0 spiro atoms. The van der Waals surface area contributed by atoms with E-state index in [-0.39, 0.29) is 29.0 Å². The molecule has 26 heavy (non-hydrogen) atoms. The van der Waals surface area contributed by atoms with Gasteiger partial charge in [0, 0.05) is 32.1 Å². The van der Waals surface area contributed by atoms with Crippen LogP contribution in [0.5, 0.6) is 0 Å². The van der Waals surface area contributed by atoms with Crippen molar-refractivity contribution in [3.8, 4) is 0 Å². The van der Waals surface area contributed by atoms with Crippen LogP contribution in [-0.2, 0) is 14.9 Å². The van der Waals surface area contributed by atoms with E-state index >= 15 is 0 Å². The van der Waals surface area contributed by atoms with Gasteiger partial charge in [0.15, 0.2) is 5.96 Å². The predicted octanol–water partition coefficient (Wildman–Crippen LogP) is 2.56. The predicted molar refractivity (Wildman–Crippen MR) is 99.5 cm³/mol. The Bertz CT molecular complexity index is 670. The summed E-state index contributed by atoms with van der Waals surface area (Å²) in [7, 11) is 3.21. The minimum absolute atomic E-state index is 0.0384. The smallest absolute Gasteiger partial charge is 0.310 e. The average Bonchev–Trinajstić information content (AvgIpc) is 2.99. The molecule has 3 rings (SSSR count). The van der Waals surface area contributed by atoms with Gasteiger partial charge in [-0.1, -0.05) is 25.5 Å². The van der Waals surface area contributed by atoms with Gasteiger partial charge in [-0.2, -0.15) is 0 Å². The molecule has 2 aliphatic rings. The maximum absolute atomic E-state index is 13.3. The number of ether oxygens (including phenoxy) is 1. The van der Waals surface area contributed by atoms with Gasteiger partial charge in [0.25, 0.3) is 0 Å². The molecule has 0 radical (unpaired) electrons. The fourth-order valence-electron chi connectivity index (χ4n) is 4.15. The molecule has 1 saturated carbocycles. The third kappa shape index (κ3) is 3.55. The molecule has 6 heteroatoms. The summed E-state index contributed by atoms with van der Waals surface area (Å²) in [6, 6.07) is 6.86. The summed E-state index contributed by atoms with van der Waals surface area (Å²) in [6.07, 6.45) is 3.36. The lowest BCUT2D eigenvalue weighted by Gasteiger charge is -2.43. The van der Waals surface area contributed by atoms with E-state index in [9.17, 15) is 9.18 Å². The van der Waals surface area contributed by atoms with Gasteiger partial charge in [0.1, 0.15) is 5.82 Å². The minimum Gasteiger partial charge on any atom is -0.469 e. The van der Waals surface area contributed by atoms with Gasteiger partial charge in [0.2, 0.25) is 0 Å². The summed E-state index contributed by atoms with van der Waals surface area (Å²) >= 11 is 0. The first-order chi connectivity index (χ1) is 12.5. The Labute approximate surface area is 154 Å². The van der Waals surface area contributed by atoms with E-state index in [0.717, 1.165) is 31.9 Å². The Morgan fingerprint density at radius 1 is 1.35 bits per heavy atom. The molecule has 1 heterocycles. The van der Waals surface area contributed by atoms with Crippen molar-refractivity contribution in [1.29, 1.82) is 0 Å². The lowest BCUT2D eigenvalue weighted by Crippen LogP contribution is -2.49. The quantitative estimate of drug-likeness (QED) is 0.509. The van der Waals surface area contributed by atoms with Crippen LogP contribution in [0.2, 0.25) is 0 Å². The minimum atomic E-state index is -0.202. The highest BCUT2D eigenvalue weighted by molar-refractivity contribution is 5.82. The number of aliphatic imine (C=N–C) groups is 1. The molecule has 1 aliphatic carbocycles. The molecule has 1 aromatic carbocycles. The number of guanidine groups is 1. The first-order valence-corrected chi connectivity index (χ1v) is 9.28. The SMILES string of the molecule is CN=C(NCC1(c2ccc(F)cc2)CCC1)N1CC(C)C(C(=O)OC)C1. The summed E-state index contributed by atoms with van der Waals surface area (Å²) in [6.45, 7) is 4.24. The van der Waals surface area contributed by atoms with E-state index in [4.69, 9.17) is 4.74 Å². The van der Waals surface area contributed by atoms with Gasteiger partial charge in [-0.25, -0.2) is 4.39 Å². The molecule has 0 amide bonds. The highest BCUT2D eigenvalue weighted by Crippen LogP contribution is 2.43. The van der Waals surface area contributed by atoms with E-state index in [2.05, 4.69) is 22.1 Å². The summed E-state index contributed by atoms with van der Waals surface area (Å²) in [5.74, 6) is 0.574. The van der Waals surface area contributed by atoms with E-state index in [0.29, 0.717) is 6.54 Å². The van der Waals surface area contributed by atoms with Gasteiger partial charge in [0.05, 0.1) is 13.0 Å². The maximum Gasteiger partial charge on any atom is 0.310 e. The summed E-state index contributed by atoms with van der Waals surface area (Å²) in [5.41, 5.74) is 1.21. The molecule has 142 valence electrons.